The van der Waals surface area contributed by atoms with Gasteiger partial charge in [-0.05, 0) is 36.4 Å². The first-order valence-electron chi connectivity index (χ1n) is 6.52. The fraction of sp³-hybridized carbons (Fsp3) is 0.0625. The summed E-state index contributed by atoms with van der Waals surface area (Å²) in [4.78, 5) is 23.7. The Balaban J connectivity index is 1.96. The molecule has 2 rings (SSSR count). The minimum absolute atomic E-state index is 0.166. The van der Waals surface area contributed by atoms with Crippen molar-refractivity contribution in [2.45, 2.75) is 0 Å². The third kappa shape index (κ3) is 4.62. The number of hydrogen-bond donors (Lipinski definition) is 1. The van der Waals surface area contributed by atoms with Gasteiger partial charge in [0.25, 0.3) is 5.91 Å². The SMILES string of the molecule is N#Cc1ccc(C(=O)OCC(=O)Nc2c(Cl)cc(Cl)cc2Cl)cc1. The van der Waals surface area contributed by atoms with Crippen molar-refractivity contribution in [2.24, 2.45) is 0 Å². The van der Waals surface area contributed by atoms with Crippen LogP contribution < -0.4 is 5.32 Å². The second-order valence-electron chi connectivity index (χ2n) is 4.56. The van der Waals surface area contributed by atoms with Gasteiger partial charge in [0.05, 0.1) is 32.9 Å². The van der Waals surface area contributed by atoms with Crippen LogP contribution in [0.15, 0.2) is 36.4 Å². The van der Waals surface area contributed by atoms with E-state index >= 15 is 0 Å². The maximum Gasteiger partial charge on any atom is 0.338 e. The summed E-state index contributed by atoms with van der Waals surface area (Å²) >= 11 is 17.7. The van der Waals surface area contributed by atoms with Crippen molar-refractivity contribution < 1.29 is 14.3 Å². The molecular weight excluding hydrogens is 375 g/mol. The van der Waals surface area contributed by atoms with Crippen LogP contribution in [0.2, 0.25) is 15.1 Å². The third-order valence-corrected chi connectivity index (χ3v) is 3.67. The Labute approximate surface area is 152 Å². The molecule has 0 aliphatic rings. The molecule has 0 radical (unpaired) electrons. The van der Waals surface area contributed by atoms with Gasteiger partial charge in [0.2, 0.25) is 0 Å². The van der Waals surface area contributed by atoms with Crippen molar-refractivity contribution in [3.05, 3.63) is 62.6 Å². The first kappa shape index (κ1) is 18.1. The lowest BCUT2D eigenvalue weighted by Gasteiger charge is -2.10. The summed E-state index contributed by atoms with van der Waals surface area (Å²) in [5, 5.41) is 11.8. The van der Waals surface area contributed by atoms with E-state index in [0.29, 0.717) is 10.6 Å². The van der Waals surface area contributed by atoms with Crippen LogP contribution >= 0.6 is 34.8 Å². The molecule has 24 heavy (non-hydrogen) atoms. The molecule has 0 aromatic heterocycles. The highest BCUT2D eigenvalue weighted by Gasteiger charge is 2.14. The van der Waals surface area contributed by atoms with Crippen LogP contribution in [-0.4, -0.2) is 18.5 Å². The molecule has 0 bridgehead atoms. The fourth-order valence-corrected chi connectivity index (χ4v) is 2.64. The Morgan fingerprint density at radius 2 is 1.67 bits per heavy atom. The van der Waals surface area contributed by atoms with Crippen molar-refractivity contribution in [3.8, 4) is 6.07 Å². The summed E-state index contributed by atoms with van der Waals surface area (Å²) in [5.41, 5.74) is 0.822. The molecule has 0 aliphatic heterocycles. The number of nitrogens with one attached hydrogen (secondary N) is 1. The molecule has 1 N–H and O–H groups in total. The molecule has 5 nitrogen and oxygen atoms in total. The van der Waals surface area contributed by atoms with Crippen LogP contribution in [0.1, 0.15) is 15.9 Å². The predicted molar refractivity (Wildman–Crippen MR) is 91.5 cm³/mol. The number of hydrogen-bond acceptors (Lipinski definition) is 4. The van der Waals surface area contributed by atoms with E-state index in [2.05, 4.69) is 5.32 Å². The zero-order valence-electron chi connectivity index (χ0n) is 12.0. The fourth-order valence-electron chi connectivity index (χ4n) is 1.73. The molecule has 0 atom stereocenters. The van der Waals surface area contributed by atoms with E-state index in [0.717, 1.165) is 0 Å². The zero-order chi connectivity index (χ0) is 17.7. The van der Waals surface area contributed by atoms with Gasteiger partial charge in [-0.2, -0.15) is 5.26 Å². The number of ether oxygens (including phenoxy) is 1. The first-order valence-corrected chi connectivity index (χ1v) is 7.66. The molecule has 2 aromatic rings. The molecular formula is C16H9Cl3N2O3. The van der Waals surface area contributed by atoms with Gasteiger partial charge in [0, 0.05) is 5.02 Å². The summed E-state index contributed by atoms with van der Waals surface area (Å²) in [6, 6.07) is 10.6. The number of nitriles is 1. The van der Waals surface area contributed by atoms with Gasteiger partial charge in [0.1, 0.15) is 0 Å². The van der Waals surface area contributed by atoms with Gasteiger partial charge in [-0.3, -0.25) is 4.79 Å². The largest absolute Gasteiger partial charge is 0.452 e. The summed E-state index contributed by atoms with van der Waals surface area (Å²) in [6.45, 7) is -0.520. The maximum absolute atomic E-state index is 11.9. The molecule has 0 aliphatic carbocycles. The van der Waals surface area contributed by atoms with Gasteiger partial charge in [-0.15, -0.1) is 0 Å². The minimum atomic E-state index is -0.692. The van der Waals surface area contributed by atoms with Crippen LogP contribution in [0.3, 0.4) is 0 Å². The van der Waals surface area contributed by atoms with Crippen LogP contribution in [0.25, 0.3) is 0 Å². The third-order valence-electron chi connectivity index (χ3n) is 2.86. The average molecular weight is 384 g/mol. The van der Waals surface area contributed by atoms with E-state index in [1.807, 2.05) is 6.07 Å². The molecule has 2 aromatic carbocycles. The lowest BCUT2D eigenvalue weighted by Crippen LogP contribution is -2.21. The molecule has 0 saturated carbocycles. The van der Waals surface area contributed by atoms with Gasteiger partial charge in [-0.25, -0.2) is 4.79 Å². The highest BCUT2D eigenvalue weighted by Crippen LogP contribution is 2.33. The van der Waals surface area contributed by atoms with E-state index in [-0.39, 0.29) is 21.3 Å². The van der Waals surface area contributed by atoms with Crippen molar-refractivity contribution >= 4 is 52.4 Å². The van der Waals surface area contributed by atoms with Crippen LogP contribution in [0, 0.1) is 11.3 Å². The van der Waals surface area contributed by atoms with E-state index in [4.69, 9.17) is 44.8 Å². The standard InChI is InChI=1S/C16H9Cl3N2O3/c17-11-5-12(18)15(13(19)6-11)21-14(22)8-24-16(23)10-3-1-9(7-20)2-4-10/h1-6H,8H2,(H,21,22). The van der Waals surface area contributed by atoms with Crippen molar-refractivity contribution in [1.29, 1.82) is 5.26 Å². The zero-order valence-corrected chi connectivity index (χ0v) is 14.2. The molecule has 1 amide bonds. The molecule has 0 heterocycles. The second-order valence-corrected chi connectivity index (χ2v) is 5.81. The lowest BCUT2D eigenvalue weighted by molar-refractivity contribution is -0.119. The van der Waals surface area contributed by atoms with Gasteiger partial charge < -0.3 is 10.1 Å². The summed E-state index contributed by atoms with van der Waals surface area (Å²) in [5.74, 6) is -1.30. The van der Waals surface area contributed by atoms with Gasteiger partial charge in [-0.1, -0.05) is 34.8 Å². The monoisotopic (exact) mass is 382 g/mol. The minimum Gasteiger partial charge on any atom is -0.452 e. The smallest absolute Gasteiger partial charge is 0.338 e. The Morgan fingerprint density at radius 1 is 1.08 bits per heavy atom. The lowest BCUT2D eigenvalue weighted by atomic mass is 10.1. The quantitative estimate of drug-likeness (QED) is 0.798. The van der Waals surface area contributed by atoms with E-state index < -0.39 is 18.5 Å². The van der Waals surface area contributed by atoms with Crippen molar-refractivity contribution in [2.75, 3.05) is 11.9 Å². The number of anilines is 1. The number of nitrogens with zero attached hydrogens (tertiary/aromatic N) is 1. The number of rotatable bonds is 4. The van der Waals surface area contributed by atoms with Crippen LogP contribution in [-0.2, 0) is 9.53 Å². The molecule has 122 valence electrons. The Kier molecular flexibility index (Phi) is 6.04. The number of carbonyl (C=O) groups is 2. The molecule has 0 saturated heterocycles. The topological polar surface area (TPSA) is 79.2 Å². The predicted octanol–water partition coefficient (Wildman–Crippen LogP) is 4.31. The average Bonchev–Trinajstić information content (AvgIpc) is 2.56. The normalized spacial score (nSPS) is 9.92. The highest BCUT2D eigenvalue weighted by atomic mass is 35.5. The number of carbonyl (C=O) groups excluding carboxylic acids is 2. The second kappa shape index (κ2) is 8.02. The van der Waals surface area contributed by atoms with Crippen LogP contribution in [0.5, 0.6) is 0 Å². The Bertz CT molecular complexity index is 806. The molecule has 0 spiro atoms. The number of benzene rings is 2. The Hall–Kier alpha value is -2.26. The molecule has 0 fully saturated rings. The number of halogens is 3. The van der Waals surface area contributed by atoms with Crippen molar-refractivity contribution in [1.82, 2.24) is 0 Å². The number of esters is 1. The van der Waals surface area contributed by atoms with Crippen LogP contribution in [0.4, 0.5) is 5.69 Å². The number of amides is 1. The molecule has 0 unspecified atom stereocenters. The van der Waals surface area contributed by atoms with E-state index in [1.165, 1.54) is 36.4 Å². The maximum atomic E-state index is 11.9. The highest BCUT2D eigenvalue weighted by molar-refractivity contribution is 6.42. The van der Waals surface area contributed by atoms with Gasteiger partial charge >= 0.3 is 5.97 Å². The summed E-state index contributed by atoms with van der Waals surface area (Å²) in [6.07, 6.45) is 0. The van der Waals surface area contributed by atoms with Gasteiger partial charge in [0.15, 0.2) is 6.61 Å². The van der Waals surface area contributed by atoms with E-state index in [9.17, 15) is 9.59 Å². The summed E-state index contributed by atoms with van der Waals surface area (Å²) in [7, 11) is 0. The molecule has 8 heteroatoms. The summed E-state index contributed by atoms with van der Waals surface area (Å²) < 4.78 is 4.89. The van der Waals surface area contributed by atoms with E-state index in [1.54, 1.807) is 0 Å². The Morgan fingerprint density at radius 3 is 2.21 bits per heavy atom. The van der Waals surface area contributed by atoms with Crippen molar-refractivity contribution in [3.63, 3.8) is 0 Å². The first-order chi connectivity index (χ1) is 11.4.